The molecule has 1 unspecified atom stereocenters. The average Bonchev–Trinajstić information content (AvgIpc) is 2.37. The molecule has 1 atom stereocenters. The zero-order valence-electron chi connectivity index (χ0n) is 12.8. The van der Waals surface area contributed by atoms with E-state index in [0.717, 1.165) is 6.08 Å². The lowest BCUT2D eigenvalue weighted by molar-refractivity contribution is -0.890. The molecule has 0 spiro atoms. The van der Waals surface area contributed by atoms with Crippen molar-refractivity contribution in [1.82, 2.24) is 0 Å². The number of carbonyl (C=O) groups excluding carboxylic acids is 1. The van der Waals surface area contributed by atoms with Crippen molar-refractivity contribution in [2.24, 2.45) is 0 Å². The van der Waals surface area contributed by atoms with E-state index in [-0.39, 0.29) is 26.4 Å². The Balaban J connectivity index is 3.93. The first-order valence-corrected chi connectivity index (χ1v) is 7.94. The van der Waals surface area contributed by atoms with E-state index in [2.05, 4.69) is 11.1 Å². The Morgan fingerprint density at radius 1 is 1.19 bits per heavy atom. The van der Waals surface area contributed by atoms with Crippen LogP contribution in [0.1, 0.15) is 0 Å². The van der Waals surface area contributed by atoms with Crippen molar-refractivity contribution in [3.63, 3.8) is 0 Å². The molecule has 0 aliphatic rings. The molecule has 0 fully saturated rings. The highest BCUT2D eigenvalue weighted by Crippen LogP contribution is 2.42. The van der Waals surface area contributed by atoms with Crippen molar-refractivity contribution in [2.75, 3.05) is 60.7 Å². The second-order valence-corrected chi connectivity index (χ2v) is 6.34. The Hall–Kier alpha value is -0.760. The first-order chi connectivity index (χ1) is 9.72. The highest BCUT2D eigenvalue weighted by Gasteiger charge is 2.23. The summed E-state index contributed by atoms with van der Waals surface area (Å²) in [5, 5.41) is 0. The van der Waals surface area contributed by atoms with Crippen LogP contribution >= 0.6 is 7.82 Å². The van der Waals surface area contributed by atoms with E-state index < -0.39 is 13.8 Å². The van der Waals surface area contributed by atoms with Crippen LogP contribution in [0.2, 0.25) is 0 Å². The van der Waals surface area contributed by atoms with Crippen LogP contribution in [0.25, 0.3) is 0 Å². The number of nitrogens with zero attached hydrogens (tertiary/aromatic N) is 1. The largest absolute Gasteiger partial charge is 0.472 e. The molecule has 0 saturated heterocycles. The van der Waals surface area contributed by atoms with Crippen LogP contribution in [-0.2, 0) is 27.9 Å². The summed E-state index contributed by atoms with van der Waals surface area (Å²) in [6.45, 7) is 4.79. The van der Waals surface area contributed by atoms with Crippen molar-refractivity contribution in [3.8, 4) is 0 Å². The molecule has 0 aromatic heterocycles. The first-order valence-electron chi connectivity index (χ1n) is 6.44. The third kappa shape index (κ3) is 11.6. The summed E-state index contributed by atoms with van der Waals surface area (Å²) in [7, 11) is 1.20. The van der Waals surface area contributed by atoms with Gasteiger partial charge in [-0.25, -0.2) is 9.36 Å². The summed E-state index contributed by atoms with van der Waals surface area (Å²) >= 11 is 0. The molecule has 0 heterocycles. The standard InChI is InChI=1S/C12H24NO7P/c1-5-12(14)18-8-6-13(2,3)7-9-19-21(15,16)20-11-10-17-4/h5H,1,6-11H2,2-4H3/p+1. The fourth-order valence-corrected chi connectivity index (χ4v) is 1.93. The van der Waals surface area contributed by atoms with Crippen LogP contribution < -0.4 is 0 Å². The smallest absolute Gasteiger partial charge is 0.457 e. The van der Waals surface area contributed by atoms with Gasteiger partial charge in [-0.2, -0.15) is 0 Å². The fraction of sp³-hybridized carbons (Fsp3) is 0.750. The SMILES string of the molecule is C=CC(=O)OCC[N+](C)(C)CCOP(=O)(O)OCCOC. The Labute approximate surface area is 125 Å². The van der Waals surface area contributed by atoms with E-state index in [1.807, 2.05) is 14.1 Å². The number of ether oxygens (including phenoxy) is 2. The van der Waals surface area contributed by atoms with Crippen LogP contribution in [0.3, 0.4) is 0 Å². The maximum Gasteiger partial charge on any atom is 0.472 e. The summed E-state index contributed by atoms with van der Waals surface area (Å²) < 4.78 is 31.1. The van der Waals surface area contributed by atoms with Gasteiger partial charge in [-0.3, -0.25) is 9.05 Å². The number of quaternary nitrogens is 1. The summed E-state index contributed by atoms with van der Waals surface area (Å²) in [5.41, 5.74) is 0. The van der Waals surface area contributed by atoms with Gasteiger partial charge < -0.3 is 18.9 Å². The van der Waals surface area contributed by atoms with Gasteiger partial charge in [-0.05, 0) is 0 Å². The van der Waals surface area contributed by atoms with E-state index in [1.54, 1.807) is 0 Å². The Morgan fingerprint density at radius 3 is 2.33 bits per heavy atom. The number of phosphoric ester groups is 1. The second-order valence-electron chi connectivity index (χ2n) is 4.88. The van der Waals surface area contributed by atoms with Crippen molar-refractivity contribution in [2.45, 2.75) is 0 Å². The molecule has 0 bridgehead atoms. The van der Waals surface area contributed by atoms with Crippen molar-refractivity contribution >= 4 is 13.8 Å². The third-order valence-electron chi connectivity index (χ3n) is 2.60. The van der Waals surface area contributed by atoms with Gasteiger partial charge in [0.15, 0.2) is 0 Å². The van der Waals surface area contributed by atoms with Crippen molar-refractivity contribution in [1.29, 1.82) is 0 Å². The summed E-state index contributed by atoms with van der Waals surface area (Å²) in [4.78, 5) is 20.3. The lowest BCUT2D eigenvalue weighted by atomic mass is 10.4. The normalized spacial score (nSPS) is 14.5. The molecule has 0 amide bonds. The lowest BCUT2D eigenvalue weighted by Crippen LogP contribution is -2.44. The molecule has 8 nitrogen and oxygen atoms in total. The lowest BCUT2D eigenvalue weighted by Gasteiger charge is -2.29. The van der Waals surface area contributed by atoms with E-state index in [9.17, 15) is 14.3 Å². The van der Waals surface area contributed by atoms with Crippen LogP contribution in [-0.4, -0.2) is 76.1 Å². The molecule has 0 aliphatic carbocycles. The van der Waals surface area contributed by atoms with Crippen molar-refractivity contribution in [3.05, 3.63) is 12.7 Å². The van der Waals surface area contributed by atoms with Gasteiger partial charge in [0, 0.05) is 13.2 Å². The minimum Gasteiger partial charge on any atom is -0.457 e. The molecule has 0 aromatic rings. The number of hydrogen-bond acceptors (Lipinski definition) is 6. The molecule has 9 heteroatoms. The van der Waals surface area contributed by atoms with Gasteiger partial charge in [0.2, 0.25) is 0 Å². The Kier molecular flexibility index (Phi) is 9.68. The van der Waals surface area contributed by atoms with Gasteiger partial charge in [0.1, 0.15) is 26.3 Å². The zero-order valence-corrected chi connectivity index (χ0v) is 13.7. The molecule has 0 rings (SSSR count). The van der Waals surface area contributed by atoms with Gasteiger partial charge >= 0.3 is 13.8 Å². The van der Waals surface area contributed by atoms with Gasteiger partial charge in [0.05, 0.1) is 27.3 Å². The molecule has 0 radical (unpaired) electrons. The predicted molar refractivity (Wildman–Crippen MR) is 76.6 cm³/mol. The maximum atomic E-state index is 11.5. The zero-order chi connectivity index (χ0) is 16.4. The summed E-state index contributed by atoms with van der Waals surface area (Å²) in [6, 6.07) is 0. The monoisotopic (exact) mass is 326 g/mol. The number of methoxy groups -OCH3 is 1. The van der Waals surface area contributed by atoms with E-state index in [4.69, 9.17) is 14.0 Å². The van der Waals surface area contributed by atoms with Gasteiger partial charge in [0.25, 0.3) is 0 Å². The molecule has 0 aromatic carbocycles. The third-order valence-corrected chi connectivity index (χ3v) is 3.62. The molecule has 21 heavy (non-hydrogen) atoms. The topological polar surface area (TPSA) is 91.3 Å². The van der Waals surface area contributed by atoms with Crippen LogP contribution in [0.5, 0.6) is 0 Å². The molecule has 124 valence electrons. The number of phosphoric acid groups is 1. The molecule has 0 saturated carbocycles. The molecule has 1 N–H and O–H groups in total. The Morgan fingerprint density at radius 2 is 1.76 bits per heavy atom. The number of hydrogen-bond donors (Lipinski definition) is 1. The highest BCUT2D eigenvalue weighted by atomic mass is 31.2. The van der Waals surface area contributed by atoms with E-state index >= 15 is 0 Å². The Bertz CT molecular complexity index is 373. The second kappa shape index (κ2) is 10.0. The van der Waals surface area contributed by atoms with Gasteiger partial charge in [-0.1, -0.05) is 6.58 Å². The highest BCUT2D eigenvalue weighted by molar-refractivity contribution is 7.47. The van der Waals surface area contributed by atoms with E-state index in [0.29, 0.717) is 17.6 Å². The first kappa shape index (κ1) is 20.2. The number of esters is 1. The van der Waals surface area contributed by atoms with Crippen LogP contribution in [0.15, 0.2) is 12.7 Å². The summed E-state index contributed by atoms with van der Waals surface area (Å²) in [5.74, 6) is -0.474. The minimum atomic E-state index is -4.04. The molecular weight excluding hydrogens is 301 g/mol. The maximum absolute atomic E-state index is 11.5. The summed E-state index contributed by atoms with van der Waals surface area (Å²) in [6.07, 6.45) is 1.10. The number of carbonyl (C=O) groups is 1. The average molecular weight is 326 g/mol. The predicted octanol–water partition coefficient (Wildman–Crippen LogP) is 0.572. The molecular formula is C12H25NO7P+. The molecule has 0 aliphatic heterocycles. The van der Waals surface area contributed by atoms with Crippen LogP contribution in [0, 0.1) is 0 Å². The fourth-order valence-electron chi connectivity index (χ4n) is 1.24. The van der Waals surface area contributed by atoms with E-state index in [1.165, 1.54) is 7.11 Å². The number of likely N-dealkylation sites (N-methyl/N-ethyl adjacent to an activating group) is 1. The van der Waals surface area contributed by atoms with Crippen molar-refractivity contribution < 1.29 is 37.3 Å². The quantitative estimate of drug-likeness (QED) is 0.184. The number of rotatable bonds is 12. The minimum absolute atomic E-state index is 0.0139. The van der Waals surface area contributed by atoms with Crippen LogP contribution in [0.4, 0.5) is 0 Å². The van der Waals surface area contributed by atoms with Gasteiger partial charge in [-0.15, -0.1) is 0 Å².